The molecule has 15 heteroatoms. The zero-order chi connectivity index (χ0) is 23.9. The molecule has 0 aromatic carbocycles. The molecule has 0 aliphatic carbocycles. The van der Waals surface area contributed by atoms with Crippen molar-refractivity contribution in [3.63, 3.8) is 0 Å². The van der Waals surface area contributed by atoms with Gasteiger partial charge in [-0.15, -0.1) is 4.28 Å². The number of ether oxygens (including phenoxy) is 2. The first-order valence-corrected chi connectivity index (χ1v) is 11.3. The highest BCUT2D eigenvalue weighted by Crippen LogP contribution is 2.31. The van der Waals surface area contributed by atoms with Gasteiger partial charge < -0.3 is 20.1 Å². The molecule has 2 aliphatic rings. The summed E-state index contributed by atoms with van der Waals surface area (Å²) in [6, 6.07) is -2.21. The number of carbonyl (C=O) groups is 3. The fourth-order valence-electron chi connectivity index (χ4n) is 3.06. The van der Waals surface area contributed by atoms with Gasteiger partial charge in [0.2, 0.25) is 0 Å². The third-order valence-electron chi connectivity index (χ3n) is 4.83. The summed E-state index contributed by atoms with van der Waals surface area (Å²) in [5, 5.41) is 0.674. The first-order valence-electron chi connectivity index (χ1n) is 9.99. The van der Waals surface area contributed by atoms with Gasteiger partial charge >= 0.3 is 22.4 Å². The highest BCUT2D eigenvalue weighted by molar-refractivity contribution is 7.81. The van der Waals surface area contributed by atoms with Crippen LogP contribution in [0, 0.1) is 5.41 Å². The van der Waals surface area contributed by atoms with Gasteiger partial charge in [0.1, 0.15) is 12.6 Å². The summed E-state index contributed by atoms with van der Waals surface area (Å²) in [7, 11) is -3.23. The Bertz CT molecular complexity index is 790. The molecule has 0 aromatic rings. The van der Waals surface area contributed by atoms with Gasteiger partial charge in [-0.3, -0.25) is 14.4 Å². The molecule has 3 N–H and O–H groups in total. The van der Waals surface area contributed by atoms with Crippen molar-refractivity contribution in [1.29, 1.82) is 0 Å². The van der Waals surface area contributed by atoms with Crippen LogP contribution in [-0.4, -0.2) is 95.0 Å². The van der Waals surface area contributed by atoms with Crippen molar-refractivity contribution in [1.82, 2.24) is 15.4 Å². The van der Waals surface area contributed by atoms with E-state index < -0.39 is 52.4 Å². The maximum atomic E-state index is 12.6. The van der Waals surface area contributed by atoms with Gasteiger partial charge in [-0.1, -0.05) is 0 Å². The Morgan fingerprint density at radius 3 is 2.59 bits per heavy atom. The SMILES string of the molecule is COCCOC(=O)C(C)(C)COS(=O)(=O)ON1C(=O)N2CC1CCC2C(=O)NOCCN. The van der Waals surface area contributed by atoms with Gasteiger partial charge in [0.05, 0.1) is 31.3 Å². The molecule has 0 spiro atoms. The molecular formula is C17H30N4O10S. The second-order valence-electron chi connectivity index (χ2n) is 7.87. The number of carbonyl (C=O) groups excluding carboxylic acids is 3. The number of amides is 3. The second-order valence-corrected chi connectivity index (χ2v) is 9.07. The smallest absolute Gasteiger partial charge is 0.421 e. The number of piperidine rings is 1. The minimum Gasteiger partial charge on any atom is -0.463 e. The summed E-state index contributed by atoms with van der Waals surface area (Å²) < 4.78 is 44.0. The van der Waals surface area contributed by atoms with Crippen LogP contribution in [0.5, 0.6) is 0 Å². The first-order chi connectivity index (χ1) is 15.0. The third kappa shape index (κ3) is 6.73. The molecule has 2 fully saturated rings. The molecule has 2 unspecified atom stereocenters. The van der Waals surface area contributed by atoms with Crippen molar-refractivity contribution in [2.75, 3.05) is 46.6 Å². The molecule has 2 aliphatic heterocycles. The third-order valence-corrected chi connectivity index (χ3v) is 5.58. The number of hydrogen-bond acceptors (Lipinski definition) is 11. The van der Waals surface area contributed by atoms with Crippen LogP contribution in [0.15, 0.2) is 0 Å². The van der Waals surface area contributed by atoms with Crippen LogP contribution in [0.3, 0.4) is 0 Å². The first kappa shape index (κ1) is 26.2. The molecule has 2 saturated heterocycles. The minimum atomic E-state index is -4.68. The molecular weight excluding hydrogens is 452 g/mol. The van der Waals surface area contributed by atoms with E-state index in [0.717, 1.165) is 0 Å². The van der Waals surface area contributed by atoms with Crippen LogP contribution < -0.4 is 11.2 Å². The van der Waals surface area contributed by atoms with Crippen molar-refractivity contribution < 1.29 is 45.6 Å². The van der Waals surface area contributed by atoms with E-state index >= 15 is 0 Å². The number of esters is 1. The van der Waals surface area contributed by atoms with Crippen molar-refractivity contribution in [2.45, 2.75) is 38.8 Å². The Kier molecular flexibility index (Phi) is 9.18. The largest absolute Gasteiger partial charge is 0.463 e. The second kappa shape index (κ2) is 11.2. The monoisotopic (exact) mass is 482 g/mol. The molecule has 2 atom stereocenters. The van der Waals surface area contributed by atoms with Crippen LogP contribution >= 0.6 is 0 Å². The van der Waals surface area contributed by atoms with E-state index in [4.69, 9.17) is 28.5 Å². The van der Waals surface area contributed by atoms with Gasteiger partial charge in [0, 0.05) is 20.2 Å². The summed E-state index contributed by atoms with van der Waals surface area (Å²) in [4.78, 5) is 43.1. The zero-order valence-electron chi connectivity index (χ0n) is 18.3. The number of urea groups is 1. The maximum absolute atomic E-state index is 12.6. The summed E-state index contributed by atoms with van der Waals surface area (Å²) in [6.07, 6.45) is 0.611. The van der Waals surface area contributed by atoms with Gasteiger partial charge in [0.25, 0.3) is 5.91 Å². The van der Waals surface area contributed by atoms with Crippen molar-refractivity contribution in [3.05, 3.63) is 0 Å². The van der Waals surface area contributed by atoms with Crippen LogP contribution in [0.25, 0.3) is 0 Å². The molecule has 0 saturated carbocycles. The van der Waals surface area contributed by atoms with Crippen LogP contribution in [-0.2, 0) is 42.8 Å². The molecule has 184 valence electrons. The molecule has 2 heterocycles. The highest BCUT2D eigenvalue weighted by Gasteiger charge is 2.49. The van der Waals surface area contributed by atoms with E-state index in [1.54, 1.807) is 0 Å². The van der Waals surface area contributed by atoms with Crippen LogP contribution in [0.4, 0.5) is 4.79 Å². The fourth-order valence-corrected chi connectivity index (χ4v) is 3.93. The Morgan fingerprint density at radius 1 is 1.22 bits per heavy atom. The predicted octanol–water partition coefficient (Wildman–Crippen LogP) is -1.33. The fraction of sp³-hybridized carbons (Fsp3) is 0.824. The quantitative estimate of drug-likeness (QED) is 0.181. The van der Waals surface area contributed by atoms with Crippen LogP contribution in [0.2, 0.25) is 0 Å². The molecule has 32 heavy (non-hydrogen) atoms. The number of fused-ring (bicyclic) bond motifs is 2. The number of rotatable bonds is 13. The Hall–Kier alpha value is -2.04. The van der Waals surface area contributed by atoms with Crippen LogP contribution in [0.1, 0.15) is 26.7 Å². The van der Waals surface area contributed by atoms with Gasteiger partial charge in [-0.05, 0) is 26.7 Å². The number of nitrogens with two attached hydrogens (primary N) is 1. The maximum Gasteiger partial charge on any atom is 0.421 e. The topological polar surface area (TPSA) is 176 Å². The van der Waals surface area contributed by atoms with E-state index in [-0.39, 0.29) is 39.3 Å². The van der Waals surface area contributed by atoms with E-state index in [1.165, 1.54) is 25.9 Å². The Labute approximate surface area is 186 Å². The van der Waals surface area contributed by atoms with Crippen molar-refractivity contribution in [2.24, 2.45) is 11.1 Å². The Balaban J connectivity index is 1.92. The van der Waals surface area contributed by atoms with Crippen molar-refractivity contribution in [3.8, 4) is 0 Å². The number of methoxy groups -OCH3 is 1. The lowest BCUT2D eigenvalue weighted by atomic mass is 9.95. The van der Waals surface area contributed by atoms with Gasteiger partial charge in [-0.25, -0.2) is 14.5 Å². The van der Waals surface area contributed by atoms with E-state index in [0.29, 0.717) is 11.5 Å². The standard InChI is InChI=1S/C17H30N4O10S/c1-17(2,15(23)28-9-8-27-3)11-30-32(25,26)31-21-12-4-5-13(20(10-12)16(21)24)14(22)19-29-7-6-18/h12-13H,4-11,18H2,1-3H3,(H,19,22). The van der Waals surface area contributed by atoms with Gasteiger partial charge in [0.15, 0.2) is 0 Å². The predicted molar refractivity (Wildman–Crippen MR) is 106 cm³/mol. The zero-order valence-corrected chi connectivity index (χ0v) is 19.1. The summed E-state index contributed by atoms with van der Waals surface area (Å²) >= 11 is 0. The molecule has 0 aromatic heterocycles. The summed E-state index contributed by atoms with van der Waals surface area (Å²) in [5.74, 6) is -1.23. The lowest BCUT2D eigenvalue weighted by Gasteiger charge is -2.28. The molecule has 2 bridgehead atoms. The molecule has 14 nitrogen and oxygen atoms in total. The Morgan fingerprint density at radius 2 is 1.94 bits per heavy atom. The average molecular weight is 483 g/mol. The normalized spacial score (nSPS) is 21.1. The average Bonchev–Trinajstić information content (AvgIpc) is 2.97. The number of nitrogens with one attached hydrogen (secondary N) is 1. The van der Waals surface area contributed by atoms with Crippen molar-refractivity contribution >= 4 is 28.3 Å². The lowest BCUT2D eigenvalue weighted by Crippen LogP contribution is -2.50. The number of nitrogens with zero attached hydrogens (tertiary/aromatic N) is 2. The van der Waals surface area contributed by atoms with Gasteiger partial charge in [-0.2, -0.15) is 13.5 Å². The molecule has 2 rings (SSSR count). The van der Waals surface area contributed by atoms with E-state index in [1.807, 2.05) is 0 Å². The summed E-state index contributed by atoms with van der Waals surface area (Å²) in [6.45, 7) is 2.92. The molecule has 3 amide bonds. The lowest BCUT2D eigenvalue weighted by molar-refractivity contribution is -0.157. The summed E-state index contributed by atoms with van der Waals surface area (Å²) in [5.41, 5.74) is 6.20. The highest BCUT2D eigenvalue weighted by atomic mass is 32.3. The van der Waals surface area contributed by atoms with E-state index in [9.17, 15) is 22.8 Å². The minimum absolute atomic E-state index is 0.00775. The number of hydroxylamine groups is 3. The molecule has 0 radical (unpaired) electrons. The van der Waals surface area contributed by atoms with E-state index in [2.05, 4.69) is 5.48 Å². The number of hydrogen-bond donors (Lipinski definition) is 2.